The number of carbonyl (C=O) groups is 1. The molecule has 9 heteroatoms. The van der Waals surface area contributed by atoms with E-state index in [9.17, 15) is 14.9 Å². The maximum atomic E-state index is 12.9. The van der Waals surface area contributed by atoms with Crippen molar-refractivity contribution in [2.24, 2.45) is 0 Å². The highest BCUT2D eigenvalue weighted by atomic mass is 35.5. The lowest BCUT2D eigenvalue weighted by atomic mass is 10.1. The largest absolute Gasteiger partial charge is 0.495 e. The molecule has 3 aromatic rings. The van der Waals surface area contributed by atoms with Crippen LogP contribution in [-0.2, 0) is 0 Å². The van der Waals surface area contributed by atoms with Crippen LogP contribution in [0.2, 0.25) is 0 Å². The highest BCUT2D eigenvalue weighted by Gasteiger charge is 2.18. The number of rotatable bonds is 6. The fraction of sp³-hybridized carbons (Fsp3) is 0.0500. The van der Waals surface area contributed by atoms with Crippen molar-refractivity contribution in [3.05, 3.63) is 82.4 Å². The van der Waals surface area contributed by atoms with Gasteiger partial charge in [0.05, 0.1) is 23.3 Å². The molecule has 29 heavy (non-hydrogen) atoms. The maximum absolute atomic E-state index is 12.9. The fourth-order valence-corrected chi connectivity index (χ4v) is 3.56. The first-order chi connectivity index (χ1) is 13.5. The van der Waals surface area contributed by atoms with Crippen LogP contribution in [0, 0.1) is 10.1 Å². The van der Waals surface area contributed by atoms with Gasteiger partial charge in [0.2, 0.25) is 0 Å². The predicted octanol–water partition coefficient (Wildman–Crippen LogP) is 5.01. The minimum Gasteiger partial charge on any atom is -0.495 e. The van der Waals surface area contributed by atoms with Crippen LogP contribution in [0.5, 0.6) is 5.75 Å². The number of hydrogen-bond donors (Lipinski definition) is 2. The SMILES string of the molecule is COc1ccccc1NC(=O)c1c(N)cccc1Sc1ccc([N+](=O)[O-])cc1.Cl. The molecule has 0 spiro atoms. The van der Waals surface area contributed by atoms with Crippen molar-refractivity contribution in [3.8, 4) is 5.75 Å². The average molecular weight is 432 g/mol. The van der Waals surface area contributed by atoms with Crippen LogP contribution in [0.3, 0.4) is 0 Å². The zero-order valence-electron chi connectivity index (χ0n) is 15.3. The molecule has 150 valence electrons. The molecule has 0 heterocycles. The zero-order valence-corrected chi connectivity index (χ0v) is 17.0. The third-order valence-electron chi connectivity index (χ3n) is 3.92. The van der Waals surface area contributed by atoms with Crippen molar-refractivity contribution in [2.75, 3.05) is 18.2 Å². The molecule has 0 saturated carbocycles. The van der Waals surface area contributed by atoms with Gasteiger partial charge in [-0.05, 0) is 36.4 Å². The van der Waals surface area contributed by atoms with E-state index in [0.717, 1.165) is 4.90 Å². The van der Waals surface area contributed by atoms with Crippen LogP contribution in [-0.4, -0.2) is 17.9 Å². The number of para-hydroxylation sites is 2. The lowest BCUT2D eigenvalue weighted by molar-refractivity contribution is -0.384. The van der Waals surface area contributed by atoms with Gasteiger partial charge in [0, 0.05) is 27.6 Å². The Bertz CT molecular complexity index is 1030. The number of nitrogen functional groups attached to an aromatic ring is 1. The van der Waals surface area contributed by atoms with E-state index in [2.05, 4.69) is 5.32 Å². The van der Waals surface area contributed by atoms with Crippen molar-refractivity contribution in [1.82, 2.24) is 0 Å². The van der Waals surface area contributed by atoms with Gasteiger partial charge in [-0.1, -0.05) is 30.0 Å². The number of non-ortho nitro benzene ring substituents is 1. The predicted molar refractivity (Wildman–Crippen MR) is 116 cm³/mol. The van der Waals surface area contributed by atoms with Crippen LogP contribution < -0.4 is 15.8 Å². The molecule has 0 aliphatic heterocycles. The third kappa shape index (κ3) is 5.18. The van der Waals surface area contributed by atoms with Crippen LogP contribution in [0.15, 0.2) is 76.5 Å². The van der Waals surface area contributed by atoms with Gasteiger partial charge in [0.1, 0.15) is 5.75 Å². The Morgan fingerprint density at radius 2 is 1.76 bits per heavy atom. The molecule has 0 radical (unpaired) electrons. The first-order valence-corrected chi connectivity index (χ1v) is 9.06. The summed E-state index contributed by atoms with van der Waals surface area (Å²) in [5.74, 6) is 0.168. The molecular weight excluding hydrogens is 414 g/mol. The molecule has 3 rings (SSSR count). The summed E-state index contributed by atoms with van der Waals surface area (Å²) in [7, 11) is 1.53. The van der Waals surface area contributed by atoms with E-state index in [1.165, 1.54) is 31.0 Å². The molecule has 3 N–H and O–H groups in total. The molecule has 3 aromatic carbocycles. The van der Waals surface area contributed by atoms with Crippen LogP contribution >= 0.6 is 24.2 Å². The van der Waals surface area contributed by atoms with Gasteiger partial charge in [-0.15, -0.1) is 12.4 Å². The van der Waals surface area contributed by atoms with Gasteiger partial charge >= 0.3 is 0 Å². The van der Waals surface area contributed by atoms with Gasteiger partial charge < -0.3 is 15.8 Å². The van der Waals surface area contributed by atoms with Crippen molar-refractivity contribution in [2.45, 2.75) is 9.79 Å². The summed E-state index contributed by atoms with van der Waals surface area (Å²) >= 11 is 1.30. The number of nitro benzene ring substituents is 1. The topological polar surface area (TPSA) is 107 Å². The number of nitrogens with one attached hydrogen (secondary N) is 1. The highest BCUT2D eigenvalue weighted by molar-refractivity contribution is 7.99. The molecule has 7 nitrogen and oxygen atoms in total. The Kier molecular flexibility index (Phi) is 7.46. The van der Waals surface area contributed by atoms with Gasteiger partial charge in [-0.2, -0.15) is 0 Å². The number of halogens is 1. The summed E-state index contributed by atoms with van der Waals surface area (Å²) in [4.78, 5) is 24.6. The van der Waals surface area contributed by atoms with Crippen LogP contribution in [0.1, 0.15) is 10.4 Å². The summed E-state index contributed by atoms with van der Waals surface area (Å²) in [6.45, 7) is 0. The highest BCUT2D eigenvalue weighted by Crippen LogP contribution is 2.35. The van der Waals surface area contributed by atoms with Crippen molar-refractivity contribution in [1.29, 1.82) is 0 Å². The number of methoxy groups -OCH3 is 1. The van der Waals surface area contributed by atoms with E-state index in [0.29, 0.717) is 27.6 Å². The summed E-state index contributed by atoms with van der Waals surface area (Å²) in [6, 6.07) is 18.4. The number of hydrogen-bond acceptors (Lipinski definition) is 6. The van der Waals surface area contributed by atoms with E-state index < -0.39 is 4.92 Å². The van der Waals surface area contributed by atoms with E-state index in [-0.39, 0.29) is 24.0 Å². The number of nitrogens with two attached hydrogens (primary N) is 1. The summed E-state index contributed by atoms with van der Waals surface area (Å²) < 4.78 is 5.26. The maximum Gasteiger partial charge on any atom is 0.269 e. The second-order valence-electron chi connectivity index (χ2n) is 5.73. The Hall–Kier alpha value is -3.23. The van der Waals surface area contributed by atoms with E-state index >= 15 is 0 Å². The molecule has 0 aliphatic carbocycles. The van der Waals surface area contributed by atoms with Gasteiger partial charge in [0.25, 0.3) is 11.6 Å². The smallest absolute Gasteiger partial charge is 0.269 e. The number of anilines is 2. The number of nitrogens with zero attached hydrogens (tertiary/aromatic N) is 1. The van der Waals surface area contributed by atoms with E-state index in [4.69, 9.17) is 10.5 Å². The molecule has 0 bridgehead atoms. The fourth-order valence-electron chi connectivity index (χ4n) is 2.57. The van der Waals surface area contributed by atoms with Crippen LogP contribution in [0.25, 0.3) is 0 Å². The van der Waals surface area contributed by atoms with E-state index in [1.54, 1.807) is 54.6 Å². The van der Waals surface area contributed by atoms with Gasteiger partial charge in [-0.25, -0.2) is 0 Å². The lowest BCUT2D eigenvalue weighted by Crippen LogP contribution is -2.15. The lowest BCUT2D eigenvalue weighted by Gasteiger charge is -2.14. The molecule has 1 amide bonds. The summed E-state index contributed by atoms with van der Waals surface area (Å²) in [5.41, 5.74) is 7.27. The normalized spacial score (nSPS) is 9.97. The Balaban J connectivity index is 0.00000300. The van der Waals surface area contributed by atoms with Crippen molar-refractivity contribution < 1.29 is 14.5 Å². The minimum atomic E-state index is -0.457. The molecule has 0 aromatic heterocycles. The minimum absolute atomic E-state index is 0. The van der Waals surface area contributed by atoms with Crippen molar-refractivity contribution in [3.63, 3.8) is 0 Å². The molecule has 0 fully saturated rings. The number of ether oxygens (including phenoxy) is 1. The Labute approximate surface area is 177 Å². The van der Waals surface area contributed by atoms with Gasteiger partial charge in [0.15, 0.2) is 0 Å². The molecule has 0 atom stereocenters. The Morgan fingerprint density at radius 3 is 2.41 bits per heavy atom. The van der Waals surface area contributed by atoms with Crippen LogP contribution in [0.4, 0.5) is 17.1 Å². The molecule has 0 saturated heterocycles. The zero-order chi connectivity index (χ0) is 20.1. The summed E-state index contributed by atoms with van der Waals surface area (Å²) in [5, 5.41) is 13.6. The Morgan fingerprint density at radius 1 is 1.07 bits per heavy atom. The second-order valence-corrected chi connectivity index (χ2v) is 6.84. The molecule has 0 unspecified atom stereocenters. The third-order valence-corrected chi connectivity index (χ3v) is 4.98. The number of benzene rings is 3. The second kappa shape index (κ2) is 9.81. The van der Waals surface area contributed by atoms with Gasteiger partial charge in [-0.3, -0.25) is 14.9 Å². The first kappa shape index (κ1) is 22.1. The molecule has 0 aliphatic rings. The number of carbonyl (C=O) groups excluding carboxylic acids is 1. The van der Waals surface area contributed by atoms with Crippen molar-refractivity contribution >= 4 is 47.1 Å². The first-order valence-electron chi connectivity index (χ1n) is 8.24. The standard InChI is InChI=1S/C20H17N3O4S.ClH/c1-27-17-7-3-2-6-16(17)22-20(24)19-15(21)5-4-8-18(19)28-14-11-9-13(10-12-14)23(25)26;/h2-12H,21H2,1H3,(H,22,24);1H. The quantitative estimate of drug-likeness (QED) is 0.322. The summed E-state index contributed by atoms with van der Waals surface area (Å²) in [6.07, 6.45) is 0. The number of amides is 1. The molecular formula is C20H18ClN3O4S. The number of nitro groups is 1. The average Bonchev–Trinajstić information content (AvgIpc) is 2.69. The van der Waals surface area contributed by atoms with E-state index in [1.807, 2.05) is 0 Å². The monoisotopic (exact) mass is 431 g/mol.